The average Bonchev–Trinajstić information content (AvgIpc) is 3.22. The van der Waals surface area contributed by atoms with E-state index in [1.807, 2.05) is 38.1 Å². The zero-order valence-electron chi connectivity index (χ0n) is 21.8. The van der Waals surface area contributed by atoms with Crippen molar-refractivity contribution in [3.8, 4) is 34.5 Å². The fourth-order valence-electron chi connectivity index (χ4n) is 4.81. The highest BCUT2D eigenvalue weighted by Gasteiger charge is 2.39. The molecule has 0 amide bonds. The molecule has 2 aliphatic rings. The number of ether oxygens (including phenoxy) is 6. The van der Waals surface area contributed by atoms with E-state index in [1.165, 1.54) is 21.3 Å². The fourth-order valence-corrected chi connectivity index (χ4v) is 4.81. The first-order valence-electron chi connectivity index (χ1n) is 12.2. The standard InChI is InChI=1S/C30H28O8/c1-16(2)36-21-9-7-6-8-18(21)20-14-27(31)37-22-11-10-19-29(32)26(38-30(19)28(20)22)13-17-12-24(34-4)25(35-5)15-23(17)33-3/h6-13,15-16,20H,14H2,1-5H3. The molecular weight excluding hydrogens is 488 g/mol. The van der Waals surface area contributed by atoms with Crippen molar-refractivity contribution in [3.63, 3.8) is 0 Å². The van der Waals surface area contributed by atoms with Gasteiger partial charge in [-0.3, -0.25) is 9.59 Å². The van der Waals surface area contributed by atoms with Gasteiger partial charge in [0.1, 0.15) is 23.0 Å². The maximum absolute atomic E-state index is 13.5. The molecule has 2 heterocycles. The summed E-state index contributed by atoms with van der Waals surface area (Å²) >= 11 is 0. The van der Waals surface area contributed by atoms with Crippen molar-refractivity contribution in [1.29, 1.82) is 0 Å². The maximum atomic E-state index is 13.5. The number of carbonyl (C=O) groups is 2. The average molecular weight is 517 g/mol. The first kappa shape index (κ1) is 25.2. The van der Waals surface area contributed by atoms with Crippen LogP contribution < -0.4 is 28.4 Å². The summed E-state index contributed by atoms with van der Waals surface area (Å²) in [4.78, 5) is 26.0. The second-order valence-corrected chi connectivity index (χ2v) is 9.18. The van der Waals surface area contributed by atoms with Gasteiger partial charge < -0.3 is 28.4 Å². The van der Waals surface area contributed by atoms with Crippen LogP contribution in [-0.2, 0) is 4.79 Å². The number of hydrogen-bond acceptors (Lipinski definition) is 8. The number of Topliss-reactive ketones (excluding diaryl/α,β-unsaturated/α-hetero) is 1. The van der Waals surface area contributed by atoms with Crippen molar-refractivity contribution in [2.75, 3.05) is 21.3 Å². The van der Waals surface area contributed by atoms with Gasteiger partial charge in [-0.25, -0.2) is 0 Å². The lowest BCUT2D eigenvalue weighted by atomic mass is 9.84. The molecule has 5 rings (SSSR count). The van der Waals surface area contributed by atoms with Crippen LogP contribution in [0, 0.1) is 0 Å². The number of benzene rings is 3. The van der Waals surface area contributed by atoms with E-state index in [2.05, 4.69) is 0 Å². The number of hydrogen-bond donors (Lipinski definition) is 0. The van der Waals surface area contributed by atoms with Gasteiger partial charge in [0.15, 0.2) is 17.3 Å². The SMILES string of the molecule is COc1cc(OC)c(OC)cc1C=C1Oc2c(ccc3c2C(c2ccccc2OC(C)C)CC(=O)O3)C1=O. The Morgan fingerprint density at radius 2 is 1.58 bits per heavy atom. The second-order valence-electron chi connectivity index (χ2n) is 9.18. The number of rotatable bonds is 7. The van der Waals surface area contributed by atoms with Gasteiger partial charge >= 0.3 is 5.97 Å². The molecule has 0 N–H and O–H groups in total. The predicted molar refractivity (Wildman–Crippen MR) is 140 cm³/mol. The molecule has 8 nitrogen and oxygen atoms in total. The Labute approximate surface area is 220 Å². The molecule has 196 valence electrons. The zero-order valence-corrected chi connectivity index (χ0v) is 21.8. The van der Waals surface area contributed by atoms with Gasteiger partial charge in [-0.05, 0) is 44.2 Å². The van der Waals surface area contributed by atoms with Gasteiger partial charge in [0.05, 0.1) is 39.4 Å². The molecule has 0 radical (unpaired) electrons. The minimum Gasteiger partial charge on any atom is -0.496 e. The second kappa shape index (κ2) is 10.1. The third-order valence-corrected chi connectivity index (χ3v) is 6.46. The Morgan fingerprint density at radius 1 is 0.868 bits per heavy atom. The Morgan fingerprint density at radius 3 is 2.29 bits per heavy atom. The van der Waals surface area contributed by atoms with E-state index in [1.54, 1.807) is 30.3 Å². The van der Waals surface area contributed by atoms with Crippen molar-refractivity contribution < 1.29 is 38.0 Å². The molecule has 0 saturated carbocycles. The van der Waals surface area contributed by atoms with E-state index < -0.39 is 5.92 Å². The van der Waals surface area contributed by atoms with E-state index >= 15 is 0 Å². The number of fused-ring (bicyclic) bond motifs is 3. The van der Waals surface area contributed by atoms with Crippen LogP contribution in [0.2, 0.25) is 0 Å². The molecule has 3 aromatic rings. The van der Waals surface area contributed by atoms with E-state index in [-0.39, 0.29) is 30.0 Å². The summed E-state index contributed by atoms with van der Waals surface area (Å²) in [6.45, 7) is 3.89. The van der Waals surface area contributed by atoms with Crippen LogP contribution in [0.1, 0.15) is 53.2 Å². The van der Waals surface area contributed by atoms with Crippen molar-refractivity contribution in [3.05, 3.63) is 76.5 Å². The quantitative estimate of drug-likeness (QED) is 0.229. The fraction of sp³-hybridized carbons (Fsp3) is 0.267. The lowest BCUT2D eigenvalue weighted by molar-refractivity contribution is -0.135. The molecule has 0 fully saturated rings. The van der Waals surface area contributed by atoms with Crippen molar-refractivity contribution >= 4 is 17.8 Å². The van der Waals surface area contributed by atoms with E-state index in [0.717, 1.165) is 5.56 Å². The molecule has 0 spiro atoms. The molecule has 38 heavy (non-hydrogen) atoms. The first-order valence-corrected chi connectivity index (χ1v) is 12.2. The summed E-state index contributed by atoms with van der Waals surface area (Å²) in [7, 11) is 4.59. The van der Waals surface area contributed by atoms with Crippen LogP contribution in [0.4, 0.5) is 0 Å². The molecule has 3 aromatic carbocycles. The van der Waals surface area contributed by atoms with Crippen molar-refractivity contribution in [2.45, 2.75) is 32.3 Å². The molecule has 1 atom stereocenters. The minimum absolute atomic E-state index is 0.0588. The Bertz CT molecular complexity index is 1450. The van der Waals surface area contributed by atoms with Crippen LogP contribution >= 0.6 is 0 Å². The number of para-hydroxylation sites is 1. The summed E-state index contributed by atoms with van der Waals surface area (Å²) in [5.41, 5.74) is 2.42. The van der Waals surface area contributed by atoms with Gasteiger partial charge in [-0.15, -0.1) is 0 Å². The molecular formula is C30H28O8. The van der Waals surface area contributed by atoms with Gasteiger partial charge in [-0.1, -0.05) is 18.2 Å². The molecule has 1 unspecified atom stereocenters. The summed E-state index contributed by atoms with van der Waals surface area (Å²) in [5, 5.41) is 0. The summed E-state index contributed by atoms with van der Waals surface area (Å²) in [6.07, 6.45) is 1.63. The predicted octanol–water partition coefficient (Wildman–Crippen LogP) is 5.56. The Balaban J connectivity index is 1.61. The highest BCUT2D eigenvalue weighted by atomic mass is 16.5. The normalized spacial score (nSPS) is 17.0. The molecule has 8 heteroatoms. The van der Waals surface area contributed by atoms with E-state index in [9.17, 15) is 9.59 Å². The third kappa shape index (κ3) is 4.42. The molecule has 0 saturated heterocycles. The van der Waals surface area contributed by atoms with Crippen LogP contribution in [-0.4, -0.2) is 39.2 Å². The third-order valence-electron chi connectivity index (χ3n) is 6.46. The summed E-state index contributed by atoms with van der Waals surface area (Å²) < 4.78 is 34.1. The van der Waals surface area contributed by atoms with E-state index in [0.29, 0.717) is 51.2 Å². The molecule has 0 bridgehead atoms. The molecule has 0 aliphatic carbocycles. The van der Waals surface area contributed by atoms with Crippen LogP contribution in [0.15, 0.2) is 54.3 Å². The highest BCUT2D eigenvalue weighted by Crippen LogP contribution is 2.50. The lowest BCUT2D eigenvalue weighted by Crippen LogP contribution is -2.22. The van der Waals surface area contributed by atoms with Crippen LogP contribution in [0.3, 0.4) is 0 Å². The topological polar surface area (TPSA) is 89.5 Å². The smallest absolute Gasteiger partial charge is 0.312 e. The van der Waals surface area contributed by atoms with Crippen LogP contribution in [0.25, 0.3) is 6.08 Å². The van der Waals surface area contributed by atoms with Gasteiger partial charge in [0.25, 0.3) is 0 Å². The Kier molecular flexibility index (Phi) is 6.72. The number of methoxy groups -OCH3 is 3. The number of esters is 1. The molecule has 2 aliphatic heterocycles. The highest BCUT2D eigenvalue weighted by molar-refractivity contribution is 6.15. The van der Waals surface area contributed by atoms with Crippen LogP contribution in [0.5, 0.6) is 34.5 Å². The monoisotopic (exact) mass is 516 g/mol. The zero-order chi connectivity index (χ0) is 27.0. The van der Waals surface area contributed by atoms with Gasteiger partial charge in [0.2, 0.25) is 5.78 Å². The Hall–Kier alpha value is -4.46. The van der Waals surface area contributed by atoms with E-state index in [4.69, 9.17) is 28.4 Å². The summed E-state index contributed by atoms with van der Waals surface area (Å²) in [6, 6.07) is 14.2. The van der Waals surface area contributed by atoms with Gasteiger partial charge in [-0.2, -0.15) is 0 Å². The van der Waals surface area contributed by atoms with Crippen molar-refractivity contribution in [2.24, 2.45) is 0 Å². The number of allylic oxidation sites excluding steroid dienone is 1. The molecule has 0 aromatic heterocycles. The van der Waals surface area contributed by atoms with Gasteiger partial charge in [0, 0.05) is 28.7 Å². The lowest BCUT2D eigenvalue weighted by Gasteiger charge is -2.28. The number of carbonyl (C=O) groups excluding carboxylic acids is 2. The maximum Gasteiger partial charge on any atom is 0.312 e. The summed E-state index contributed by atoms with van der Waals surface area (Å²) in [5.74, 6) is 1.90. The minimum atomic E-state index is -0.418. The first-order chi connectivity index (χ1) is 18.3. The van der Waals surface area contributed by atoms with Crippen molar-refractivity contribution in [1.82, 2.24) is 0 Å². The number of ketones is 1. The largest absolute Gasteiger partial charge is 0.496 e.